The van der Waals surface area contributed by atoms with Crippen LogP contribution in [0.3, 0.4) is 0 Å². The molecule has 0 aliphatic rings. The van der Waals surface area contributed by atoms with E-state index < -0.39 is 30.4 Å². The van der Waals surface area contributed by atoms with E-state index in [2.05, 4.69) is 10.6 Å². The van der Waals surface area contributed by atoms with Gasteiger partial charge in [0.05, 0.1) is 6.42 Å². The van der Waals surface area contributed by atoms with Crippen LogP contribution in [0.5, 0.6) is 0 Å². The first-order valence-electron chi connectivity index (χ1n) is 6.31. The molecule has 0 heterocycles. The summed E-state index contributed by atoms with van der Waals surface area (Å²) in [6.07, 6.45) is -0.700. The van der Waals surface area contributed by atoms with Crippen molar-refractivity contribution < 1.29 is 29.4 Å². The highest BCUT2D eigenvalue weighted by molar-refractivity contribution is 5.86. The van der Waals surface area contributed by atoms with Crippen LogP contribution in [0.15, 0.2) is 0 Å². The van der Waals surface area contributed by atoms with Crippen molar-refractivity contribution in [3.63, 3.8) is 0 Å². The fourth-order valence-corrected chi connectivity index (χ4v) is 1.35. The molecule has 0 saturated heterocycles. The molecule has 0 radical (unpaired) electrons. The number of nitrogens with one attached hydrogen (secondary N) is 3. The molecule has 0 rings (SSSR count). The molecule has 0 aliphatic heterocycles. The second-order valence-electron chi connectivity index (χ2n) is 5.44. The molecular formula is C12H21N3O6. The Balaban J connectivity index is 4.11. The Morgan fingerprint density at radius 1 is 1.10 bits per heavy atom. The van der Waals surface area contributed by atoms with Gasteiger partial charge in [-0.15, -0.1) is 0 Å². The number of rotatable bonds is 7. The summed E-state index contributed by atoms with van der Waals surface area (Å²) in [5, 5.41) is 24.3. The number of hydrogen-bond donors (Lipinski definition) is 5. The molecule has 0 aromatic heterocycles. The smallest absolute Gasteiger partial charge is 0.326 e. The molecular weight excluding hydrogens is 282 g/mol. The van der Waals surface area contributed by atoms with Gasteiger partial charge >= 0.3 is 18.0 Å². The summed E-state index contributed by atoms with van der Waals surface area (Å²) in [6, 6.07) is -2.36. The van der Waals surface area contributed by atoms with Crippen LogP contribution in [0.2, 0.25) is 0 Å². The summed E-state index contributed by atoms with van der Waals surface area (Å²) < 4.78 is 0. The topological polar surface area (TPSA) is 145 Å². The third kappa shape index (κ3) is 10.2. The van der Waals surface area contributed by atoms with Crippen LogP contribution in [-0.2, 0) is 14.4 Å². The highest BCUT2D eigenvalue weighted by atomic mass is 16.4. The fraction of sp³-hybridized carbons (Fsp3) is 0.667. The quantitative estimate of drug-likeness (QED) is 0.429. The normalized spacial score (nSPS) is 12.1. The zero-order valence-electron chi connectivity index (χ0n) is 12.2. The van der Waals surface area contributed by atoms with Gasteiger partial charge in [0.15, 0.2) is 0 Å². The van der Waals surface area contributed by atoms with Crippen LogP contribution in [0.4, 0.5) is 4.79 Å². The Morgan fingerprint density at radius 3 is 2.10 bits per heavy atom. The zero-order valence-corrected chi connectivity index (χ0v) is 12.2. The number of aliphatic carboxylic acids is 2. The van der Waals surface area contributed by atoms with Gasteiger partial charge in [-0.05, 0) is 20.8 Å². The lowest BCUT2D eigenvalue weighted by atomic mass is 10.1. The molecule has 9 nitrogen and oxygen atoms in total. The van der Waals surface area contributed by atoms with Gasteiger partial charge in [0.2, 0.25) is 5.91 Å². The monoisotopic (exact) mass is 303 g/mol. The third-order valence-corrected chi connectivity index (χ3v) is 2.13. The van der Waals surface area contributed by atoms with Crippen LogP contribution in [0.25, 0.3) is 0 Å². The number of carboxylic acid groups (broad SMARTS) is 2. The van der Waals surface area contributed by atoms with E-state index in [0.29, 0.717) is 0 Å². The number of carbonyl (C=O) groups excluding carboxylic acids is 2. The van der Waals surface area contributed by atoms with Crippen molar-refractivity contribution in [3.05, 3.63) is 0 Å². The lowest BCUT2D eigenvalue weighted by Gasteiger charge is -2.20. The Morgan fingerprint density at radius 2 is 1.67 bits per heavy atom. The molecule has 0 aromatic carbocycles. The van der Waals surface area contributed by atoms with Gasteiger partial charge in [0.1, 0.15) is 6.04 Å². The van der Waals surface area contributed by atoms with Gasteiger partial charge < -0.3 is 26.2 Å². The first-order valence-corrected chi connectivity index (χ1v) is 6.31. The highest BCUT2D eigenvalue weighted by Crippen LogP contribution is 1.98. The number of hydrogen-bond acceptors (Lipinski definition) is 4. The average molecular weight is 303 g/mol. The van der Waals surface area contributed by atoms with Crippen molar-refractivity contribution in [2.45, 2.75) is 45.2 Å². The first-order chi connectivity index (χ1) is 9.51. The van der Waals surface area contributed by atoms with E-state index in [0.717, 1.165) is 0 Å². The van der Waals surface area contributed by atoms with Gasteiger partial charge in [-0.3, -0.25) is 9.59 Å². The van der Waals surface area contributed by atoms with Crippen LogP contribution >= 0.6 is 0 Å². The van der Waals surface area contributed by atoms with E-state index >= 15 is 0 Å². The third-order valence-electron chi connectivity index (χ3n) is 2.13. The van der Waals surface area contributed by atoms with Gasteiger partial charge in [-0.2, -0.15) is 0 Å². The van der Waals surface area contributed by atoms with Crippen molar-refractivity contribution in [2.24, 2.45) is 0 Å². The van der Waals surface area contributed by atoms with Crippen LogP contribution in [-0.4, -0.2) is 52.2 Å². The second kappa shape index (κ2) is 8.08. The van der Waals surface area contributed by atoms with Gasteiger partial charge in [0, 0.05) is 18.5 Å². The molecule has 21 heavy (non-hydrogen) atoms. The average Bonchev–Trinajstić information content (AvgIpc) is 2.24. The summed E-state index contributed by atoms with van der Waals surface area (Å²) in [5.74, 6) is -3.05. The number of amides is 3. The SMILES string of the molecule is CC(C)(C)NC(=O)CCNC(=O)NC(CC(=O)O)C(=O)O. The van der Waals surface area contributed by atoms with Gasteiger partial charge in [-0.25, -0.2) is 9.59 Å². The van der Waals surface area contributed by atoms with Crippen molar-refractivity contribution in [2.75, 3.05) is 6.54 Å². The summed E-state index contributed by atoms with van der Waals surface area (Å²) in [5.41, 5.74) is -0.380. The van der Waals surface area contributed by atoms with Gasteiger partial charge in [0.25, 0.3) is 0 Å². The van der Waals surface area contributed by atoms with E-state index in [-0.39, 0.29) is 24.4 Å². The molecule has 3 amide bonds. The molecule has 1 unspecified atom stereocenters. The van der Waals surface area contributed by atoms with Crippen LogP contribution in [0, 0.1) is 0 Å². The van der Waals surface area contributed by atoms with Gasteiger partial charge in [-0.1, -0.05) is 0 Å². The maximum atomic E-state index is 11.5. The zero-order chi connectivity index (χ0) is 16.6. The summed E-state index contributed by atoms with van der Waals surface area (Å²) >= 11 is 0. The maximum absolute atomic E-state index is 11.5. The highest BCUT2D eigenvalue weighted by Gasteiger charge is 2.23. The number of urea groups is 1. The van der Waals surface area contributed by atoms with Crippen molar-refractivity contribution in [3.8, 4) is 0 Å². The van der Waals surface area contributed by atoms with E-state index in [1.54, 1.807) is 0 Å². The van der Waals surface area contributed by atoms with E-state index in [1.165, 1.54) is 0 Å². The largest absolute Gasteiger partial charge is 0.481 e. The van der Waals surface area contributed by atoms with Crippen LogP contribution < -0.4 is 16.0 Å². The molecule has 0 bridgehead atoms. The summed E-state index contributed by atoms with van der Waals surface area (Å²) in [6.45, 7) is 5.45. The molecule has 0 aromatic rings. The van der Waals surface area contributed by atoms with Crippen LogP contribution in [0.1, 0.15) is 33.6 Å². The predicted molar refractivity (Wildman–Crippen MR) is 72.7 cm³/mol. The van der Waals surface area contributed by atoms with Crippen molar-refractivity contribution in [1.82, 2.24) is 16.0 Å². The Bertz CT molecular complexity index is 416. The molecule has 0 spiro atoms. The predicted octanol–water partition coefficient (Wildman–Crippen LogP) is -0.482. The molecule has 9 heteroatoms. The van der Waals surface area contributed by atoms with E-state index in [1.807, 2.05) is 26.1 Å². The second-order valence-corrected chi connectivity index (χ2v) is 5.44. The van der Waals surface area contributed by atoms with E-state index in [4.69, 9.17) is 10.2 Å². The Labute approximate surface area is 122 Å². The fourth-order valence-electron chi connectivity index (χ4n) is 1.35. The lowest BCUT2D eigenvalue weighted by Crippen LogP contribution is -2.48. The standard InChI is InChI=1S/C12H21N3O6/c1-12(2,3)15-8(16)4-5-13-11(21)14-7(10(19)20)6-9(17)18/h7H,4-6H2,1-3H3,(H,15,16)(H,17,18)(H,19,20)(H2,13,14,21). The van der Waals surface area contributed by atoms with Crippen molar-refractivity contribution in [1.29, 1.82) is 0 Å². The molecule has 0 fully saturated rings. The molecule has 120 valence electrons. The maximum Gasteiger partial charge on any atom is 0.326 e. The molecule has 0 aliphatic carbocycles. The van der Waals surface area contributed by atoms with Crippen molar-refractivity contribution >= 4 is 23.9 Å². The minimum Gasteiger partial charge on any atom is -0.481 e. The minimum absolute atomic E-state index is 0.00710. The molecule has 5 N–H and O–H groups in total. The first kappa shape index (κ1) is 18.7. The number of carbonyl (C=O) groups is 4. The Hall–Kier alpha value is -2.32. The molecule has 1 atom stereocenters. The minimum atomic E-state index is -1.52. The Kier molecular flexibility index (Phi) is 7.18. The summed E-state index contributed by atoms with van der Waals surface area (Å²) in [4.78, 5) is 44.0. The number of carboxylic acids is 2. The summed E-state index contributed by atoms with van der Waals surface area (Å²) in [7, 11) is 0. The lowest BCUT2D eigenvalue weighted by molar-refractivity contribution is -0.145. The molecule has 0 saturated carbocycles. The van der Waals surface area contributed by atoms with E-state index in [9.17, 15) is 19.2 Å².